The molecule has 0 spiro atoms. The van der Waals surface area contributed by atoms with Gasteiger partial charge in [0, 0.05) is 18.4 Å². The lowest BCUT2D eigenvalue weighted by atomic mass is 9.90. The van der Waals surface area contributed by atoms with Gasteiger partial charge in [-0.05, 0) is 31.9 Å². The summed E-state index contributed by atoms with van der Waals surface area (Å²) in [4.78, 5) is 23.5. The highest BCUT2D eigenvalue weighted by atomic mass is 16.5. The minimum atomic E-state index is -0.495. The average molecular weight is 246 g/mol. The fraction of sp³-hybridized carbons (Fsp3) is 0.467. The van der Waals surface area contributed by atoms with Gasteiger partial charge >= 0.3 is 5.97 Å². The summed E-state index contributed by atoms with van der Waals surface area (Å²) in [5.74, 6) is 0.492. The highest BCUT2D eigenvalue weighted by Crippen LogP contribution is 2.31. The highest BCUT2D eigenvalue weighted by molar-refractivity contribution is 5.89. The summed E-state index contributed by atoms with van der Waals surface area (Å²) in [5.41, 5.74) is 1.37. The summed E-state index contributed by atoms with van der Waals surface area (Å²) < 4.78 is 5.47. The average Bonchev–Trinajstić information content (AvgIpc) is 2.70. The summed E-state index contributed by atoms with van der Waals surface area (Å²) in [6.45, 7) is 5.69. The number of ketones is 1. The molecule has 0 saturated carbocycles. The maximum atomic E-state index is 12.0. The third-order valence-corrected chi connectivity index (χ3v) is 3.63. The quantitative estimate of drug-likeness (QED) is 0.608. The second-order valence-electron chi connectivity index (χ2n) is 5.41. The molecule has 0 amide bonds. The molecule has 0 aromatic heterocycles. The molecule has 2 rings (SSSR count). The smallest absolute Gasteiger partial charge is 0.316 e. The summed E-state index contributed by atoms with van der Waals surface area (Å²) in [6.07, 6.45) is 1.56. The summed E-state index contributed by atoms with van der Waals surface area (Å²) in [7, 11) is 0. The number of ether oxygens (including phenoxy) is 1. The van der Waals surface area contributed by atoms with Crippen molar-refractivity contribution in [1.29, 1.82) is 0 Å². The molecule has 96 valence electrons. The number of carbonyl (C=O) groups excluding carboxylic acids is 2. The predicted octanol–water partition coefficient (Wildman–Crippen LogP) is 2.70. The first-order valence-corrected chi connectivity index (χ1v) is 6.29. The molecule has 3 nitrogen and oxygen atoms in total. The maximum Gasteiger partial charge on any atom is 0.316 e. The molecule has 1 aromatic carbocycles. The molecule has 1 aromatic rings. The van der Waals surface area contributed by atoms with Gasteiger partial charge in [0.1, 0.15) is 11.5 Å². The first kappa shape index (κ1) is 12.8. The van der Waals surface area contributed by atoms with Crippen LogP contribution < -0.4 is 4.74 Å². The van der Waals surface area contributed by atoms with Crippen molar-refractivity contribution < 1.29 is 14.3 Å². The Labute approximate surface area is 107 Å². The lowest BCUT2D eigenvalue weighted by Crippen LogP contribution is -2.28. The summed E-state index contributed by atoms with van der Waals surface area (Å²) in [5, 5.41) is 0. The third-order valence-electron chi connectivity index (χ3n) is 3.63. The van der Waals surface area contributed by atoms with E-state index >= 15 is 0 Å². The molecule has 1 aliphatic rings. The van der Waals surface area contributed by atoms with E-state index in [1.807, 2.05) is 32.9 Å². The van der Waals surface area contributed by atoms with Gasteiger partial charge in [-0.3, -0.25) is 9.59 Å². The minimum absolute atomic E-state index is 0.184. The van der Waals surface area contributed by atoms with Crippen molar-refractivity contribution in [3.05, 3.63) is 29.3 Å². The van der Waals surface area contributed by atoms with Crippen LogP contribution in [0.1, 0.15) is 38.3 Å². The Hall–Kier alpha value is -1.64. The van der Waals surface area contributed by atoms with Crippen molar-refractivity contribution in [1.82, 2.24) is 0 Å². The van der Waals surface area contributed by atoms with Crippen LogP contribution in [0, 0.1) is 5.41 Å². The summed E-state index contributed by atoms with van der Waals surface area (Å²) >= 11 is 0. The van der Waals surface area contributed by atoms with Crippen molar-refractivity contribution in [2.45, 2.75) is 40.0 Å². The molecule has 18 heavy (non-hydrogen) atoms. The Morgan fingerprint density at radius 2 is 2.06 bits per heavy atom. The van der Waals surface area contributed by atoms with Crippen molar-refractivity contribution in [3.63, 3.8) is 0 Å². The number of Topliss-reactive ketones (excluding diaryl/α,β-unsaturated/α-hetero) is 1. The van der Waals surface area contributed by atoms with E-state index in [9.17, 15) is 9.59 Å². The van der Waals surface area contributed by atoms with Gasteiger partial charge in [-0.2, -0.15) is 0 Å². The Morgan fingerprint density at radius 1 is 1.33 bits per heavy atom. The molecule has 0 atom stereocenters. The topological polar surface area (TPSA) is 43.4 Å². The number of fused-ring (bicyclic) bond motifs is 1. The van der Waals surface area contributed by atoms with Crippen molar-refractivity contribution in [2.75, 3.05) is 0 Å². The lowest BCUT2D eigenvalue weighted by Gasteiger charge is -2.21. The first-order chi connectivity index (χ1) is 8.44. The first-order valence-electron chi connectivity index (χ1n) is 6.29. The fourth-order valence-corrected chi connectivity index (χ4v) is 1.93. The largest absolute Gasteiger partial charge is 0.426 e. The van der Waals surface area contributed by atoms with Crippen molar-refractivity contribution in [3.8, 4) is 5.75 Å². The predicted molar refractivity (Wildman–Crippen MR) is 68.6 cm³/mol. The van der Waals surface area contributed by atoms with Crippen LogP contribution in [-0.4, -0.2) is 11.8 Å². The Balaban J connectivity index is 2.24. The molecule has 0 bridgehead atoms. The van der Waals surface area contributed by atoms with Crippen LogP contribution in [0.5, 0.6) is 5.75 Å². The zero-order valence-corrected chi connectivity index (χ0v) is 11.1. The van der Waals surface area contributed by atoms with Gasteiger partial charge in [0.2, 0.25) is 0 Å². The molecule has 0 unspecified atom stereocenters. The van der Waals surface area contributed by atoms with E-state index in [0.717, 1.165) is 17.5 Å². The highest BCUT2D eigenvalue weighted by Gasteiger charge is 2.30. The normalized spacial score (nSPS) is 14.5. The zero-order chi connectivity index (χ0) is 13.3. The van der Waals surface area contributed by atoms with Gasteiger partial charge in [-0.15, -0.1) is 0 Å². The van der Waals surface area contributed by atoms with E-state index in [4.69, 9.17) is 4.74 Å². The fourth-order valence-electron chi connectivity index (χ4n) is 1.93. The Bertz CT molecular complexity index is 500. The molecule has 0 saturated heterocycles. The van der Waals surface area contributed by atoms with Crippen LogP contribution >= 0.6 is 0 Å². The molecule has 3 heteroatoms. The van der Waals surface area contributed by atoms with E-state index in [1.165, 1.54) is 0 Å². The monoisotopic (exact) mass is 246 g/mol. The molecule has 1 aliphatic carbocycles. The number of hydrogen-bond donors (Lipinski definition) is 0. The number of rotatable bonds is 3. The number of carbonyl (C=O) groups is 2. The van der Waals surface area contributed by atoms with Gasteiger partial charge in [-0.25, -0.2) is 0 Å². The standard InChI is InChI=1S/C15H18O3/c1-4-15(2,3)14(17)18-13-7-5-6-10-8-11(16)9-12(10)13/h5-7H,4,8-9H2,1-3H3. The molecular weight excluding hydrogens is 228 g/mol. The van der Waals surface area contributed by atoms with E-state index in [0.29, 0.717) is 18.6 Å². The molecule has 0 heterocycles. The lowest BCUT2D eigenvalue weighted by molar-refractivity contribution is -0.144. The van der Waals surface area contributed by atoms with Crippen LogP contribution in [0.15, 0.2) is 18.2 Å². The van der Waals surface area contributed by atoms with Gasteiger partial charge < -0.3 is 4.74 Å². The van der Waals surface area contributed by atoms with E-state index in [-0.39, 0.29) is 11.8 Å². The van der Waals surface area contributed by atoms with Crippen LogP contribution in [0.2, 0.25) is 0 Å². The van der Waals surface area contributed by atoms with E-state index in [1.54, 1.807) is 6.07 Å². The minimum Gasteiger partial charge on any atom is -0.426 e. The van der Waals surface area contributed by atoms with Crippen LogP contribution in [0.25, 0.3) is 0 Å². The van der Waals surface area contributed by atoms with Gasteiger partial charge in [-0.1, -0.05) is 19.1 Å². The van der Waals surface area contributed by atoms with Crippen LogP contribution in [-0.2, 0) is 22.4 Å². The molecule has 0 N–H and O–H groups in total. The van der Waals surface area contributed by atoms with Crippen molar-refractivity contribution >= 4 is 11.8 Å². The molecular formula is C15H18O3. The van der Waals surface area contributed by atoms with E-state index < -0.39 is 5.41 Å². The third kappa shape index (κ3) is 2.30. The molecule has 0 fully saturated rings. The number of hydrogen-bond acceptors (Lipinski definition) is 3. The van der Waals surface area contributed by atoms with Crippen molar-refractivity contribution in [2.24, 2.45) is 5.41 Å². The van der Waals surface area contributed by atoms with Gasteiger partial charge in [0.05, 0.1) is 5.41 Å². The second-order valence-corrected chi connectivity index (χ2v) is 5.41. The zero-order valence-electron chi connectivity index (χ0n) is 11.1. The van der Waals surface area contributed by atoms with Gasteiger partial charge in [0.15, 0.2) is 0 Å². The molecule has 0 radical (unpaired) electrons. The van der Waals surface area contributed by atoms with Crippen LogP contribution in [0.3, 0.4) is 0 Å². The van der Waals surface area contributed by atoms with Gasteiger partial charge in [0.25, 0.3) is 0 Å². The second kappa shape index (κ2) is 4.56. The number of benzene rings is 1. The van der Waals surface area contributed by atoms with Crippen LogP contribution in [0.4, 0.5) is 0 Å². The molecule has 0 aliphatic heterocycles. The SMILES string of the molecule is CCC(C)(C)C(=O)Oc1cccc2c1CC(=O)C2. The van der Waals surface area contributed by atoms with E-state index in [2.05, 4.69) is 0 Å². The Morgan fingerprint density at radius 3 is 2.72 bits per heavy atom. The summed E-state index contributed by atoms with van der Waals surface area (Å²) in [6, 6.07) is 5.52. The maximum absolute atomic E-state index is 12.0. The Kier molecular flexibility index (Phi) is 3.24. The number of esters is 1.